The van der Waals surface area contributed by atoms with E-state index < -0.39 is 0 Å². The van der Waals surface area contributed by atoms with E-state index in [-0.39, 0.29) is 5.97 Å². The fourth-order valence-corrected chi connectivity index (χ4v) is 2.53. The van der Waals surface area contributed by atoms with Crippen molar-refractivity contribution in [2.45, 2.75) is 5.03 Å². The summed E-state index contributed by atoms with van der Waals surface area (Å²) in [4.78, 5) is 16.3. The normalized spacial score (nSPS) is 10.5. The maximum Gasteiger partial charge on any atom is 0.348 e. The second-order valence-corrected chi connectivity index (χ2v) is 4.75. The molecule has 2 rings (SSSR count). The molecule has 0 N–H and O–H groups in total. The van der Waals surface area contributed by atoms with Crippen molar-refractivity contribution in [1.82, 2.24) is 4.98 Å². The van der Waals surface area contributed by atoms with Crippen LogP contribution in [0.25, 0.3) is 10.2 Å². The van der Waals surface area contributed by atoms with Crippen LogP contribution in [0.5, 0.6) is 0 Å². The number of rotatable bonds is 2. The molecule has 0 aromatic carbocycles. The van der Waals surface area contributed by atoms with Gasteiger partial charge in [-0.05, 0) is 24.5 Å². The van der Waals surface area contributed by atoms with Gasteiger partial charge < -0.3 is 4.74 Å². The number of carbonyl (C=O) groups is 1. The summed E-state index contributed by atoms with van der Waals surface area (Å²) in [7, 11) is 1.38. The van der Waals surface area contributed by atoms with E-state index in [1.165, 1.54) is 18.4 Å². The van der Waals surface area contributed by atoms with Crippen LogP contribution in [-0.2, 0) is 4.74 Å². The minimum Gasteiger partial charge on any atom is -0.465 e. The molecule has 3 nitrogen and oxygen atoms in total. The van der Waals surface area contributed by atoms with E-state index in [9.17, 15) is 4.79 Å². The van der Waals surface area contributed by atoms with Gasteiger partial charge in [0, 0.05) is 0 Å². The lowest BCUT2D eigenvalue weighted by Gasteiger charge is -1.93. The first kappa shape index (κ1) is 10.4. The molecule has 2 aromatic heterocycles. The molecule has 15 heavy (non-hydrogen) atoms. The van der Waals surface area contributed by atoms with E-state index in [0.717, 1.165) is 15.2 Å². The van der Waals surface area contributed by atoms with Crippen molar-refractivity contribution >= 4 is 39.3 Å². The Bertz CT molecular complexity index is 507. The molecule has 0 aliphatic heterocycles. The Balaban J connectivity index is 2.51. The van der Waals surface area contributed by atoms with E-state index >= 15 is 0 Å². The Morgan fingerprint density at radius 1 is 1.53 bits per heavy atom. The van der Waals surface area contributed by atoms with Gasteiger partial charge in [0.25, 0.3) is 0 Å². The number of esters is 1. The number of hydrogen-bond donors (Lipinski definition) is 0. The van der Waals surface area contributed by atoms with Gasteiger partial charge >= 0.3 is 5.97 Å². The van der Waals surface area contributed by atoms with Crippen molar-refractivity contribution in [3.63, 3.8) is 0 Å². The predicted octanol–water partition coefficient (Wildman–Crippen LogP) is 2.80. The predicted molar refractivity (Wildman–Crippen MR) is 62.7 cm³/mol. The van der Waals surface area contributed by atoms with Crippen molar-refractivity contribution in [1.29, 1.82) is 0 Å². The molecule has 0 saturated carbocycles. The van der Waals surface area contributed by atoms with Crippen LogP contribution >= 0.6 is 23.1 Å². The number of thiophene rings is 1. The smallest absolute Gasteiger partial charge is 0.348 e. The molecule has 0 aliphatic carbocycles. The number of hydrogen-bond acceptors (Lipinski definition) is 5. The molecule has 0 atom stereocenters. The maximum absolute atomic E-state index is 11.3. The average Bonchev–Trinajstić information content (AvgIpc) is 2.70. The van der Waals surface area contributed by atoms with Crippen LogP contribution in [0.2, 0.25) is 0 Å². The third kappa shape index (κ3) is 1.98. The first-order chi connectivity index (χ1) is 7.24. The molecule has 0 aliphatic rings. The fourth-order valence-electron chi connectivity index (χ4n) is 1.22. The Morgan fingerprint density at radius 3 is 3.00 bits per heavy atom. The Labute approximate surface area is 95.5 Å². The zero-order valence-electron chi connectivity index (χ0n) is 8.31. The van der Waals surface area contributed by atoms with Gasteiger partial charge in [0.05, 0.1) is 22.4 Å². The first-order valence-electron chi connectivity index (χ1n) is 4.27. The molecule has 2 heterocycles. The van der Waals surface area contributed by atoms with Crippen LogP contribution in [0, 0.1) is 0 Å². The number of ether oxygens (including phenoxy) is 1. The van der Waals surface area contributed by atoms with Crippen LogP contribution in [0.15, 0.2) is 23.2 Å². The molecule has 0 unspecified atom stereocenters. The third-order valence-electron chi connectivity index (χ3n) is 1.94. The second-order valence-electron chi connectivity index (χ2n) is 2.84. The summed E-state index contributed by atoms with van der Waals surface area (Å²) in [5.74, 6) is -0.302. The molecule has 0 fully saturated rings. The number of fused-ring (bicyclic) bond motifs is 1. The minimum absolute atomic E-state index is 0.302. The minimum atomic E-state index is -0.302. The summed E-state index contributed by atoms with van der Waals surface area (Å²) in [5.41, 5.74) is 0.854. The summed E-state index contributed by atoms with van der Waals surface area (Å²) in [6, 6.07) is 5.70. The van der Waals surface area contributed by atoms with Gasteiger partial charge in [-0.25, -0.2) is 9.78 Å². The average molecular weight is 239 g/mol. The summed E-state index contributed by atoms with van der Waals surface area (Å²) in [6.07, 6.45) is 1.97. The van der Waals surface area contributed by atoms with Gasteiger partial charge in [0.1, 0.15) is 4.88 Å². The van der Waals surface area contributed by atoms with Gasteiger partial charge in [-0.2, -0.15) is 0 Å². The van der Waals surface area contributed by atoms with E-state index in [0.29, 0.717) is 4.88 Å². The van der Waals surface area contributed by atoms with Gasteiger partial charge in [0.15, 0.2) is 0 Å². The quantitative estimate of drug-likeness (QED) is 0.596. The van der Waals surface area contributed by atoms with Crippen molar-refractivity contribution in [3.05, 3.63) is 23.1 Å². The molecule has 0 saturated heterocycles. The van der Waals surface area contributed by atoms with Crippen LogP contribution in [0.4, 0.5) is 0 Å². The number of pyridine rings is 1. The molecule has 0 amide bonds. The Hall–Kier alpha value is -1.07. The van der Waals surface area contributed by atoms with Gasteiger partial charge in [-0.3, -0.25) is 0 Å². The number of nitrogens with zero attached hydrogens (tertiary/aromatic N) is 1. The van der Waals surface area contributed by atoms with E-state index in [1.807, 2.05) is 18.4 Å². The van der Waals surface area contributed by atoms with Gasteiger partial charge in [0.2, 0.25) is 0 Å². The van der Waals surface area contributed by atoms with Crippen LogP contribution in [-0.4, -0.2) is 24.3 Å². The van der Waals surface area contributed by atoms with Crippen LogP contribution in [0.3, 0.4) is 0 Å². The summed E-state index contributed by atoms with van der Waals surface area (Å²) in [6.45, 7) is 0. The Morgan fingerprint density at radius 2 is 2.33 bits per heavy atom. The standard InChI is InChI=1S/C10H9NO2S2/c1-13-10(12)8-5-6-7(15-8)3-4-9(11-6)14-2/h3-5H,1-2H3. The zero-order chi connectivity index (χ0) is 10.8. The lowest BCUT2D eigenvalue weighted by Crippen LogP contribution is -1.96. The third-order valence-corrected chi connectivity index (χ3v) is 3.66. The highest BCUT2D eigenvalue weighted by atomic mass is 32.2. The zero-order valence-corrected chi connectivity index (χ0v) is 9.95. The highest BCUT2D eigenvalue weighted by molar-refractivity contribution is 7.98. The second kappa shape index (κ2) is 4.20. The maximum atomic E-state index is 11.3. The Kier molecular flexibility index (Phi) is 2.93. The van der Waals surface area contributed by atoms with Crippen LogP contribution < -0.4 is 0 Å². The molecule has 0 spiro atoms. The fraction of sp³-hybridized carbons (Fsp3) is 0.200. The molecule has 0 bridgehead atoms. The highest BCUT2D eigenvalue weighted by Gasteiger charge is 2.10. The van der Waals surface area contributed by atoms with Gasteiger partial charge in [-0.15, -0.1) is 23.1 Å². The first-order valence-corrected chi connectivity index (χ1v) is 6.31. The molecular formula is C10H9NO2S2. The highest BCUT2D eigenvalue weighted by Crippen LogP contribution is 2.26. The largest absolute Gasteiger partial charge is 0.465 e. The van der Waals surface area contributed by atoms with Crippen molar-refractivity contribution in [2.24, 2.45) is 0 Å². The van der Waals surface area contributed by atoms with Crippen molar-refractivity contribution in [2.75, 3.05) is 13.4 Å². The summed E-state index contributed by atoms with van der Waals surface area (Å²) < 4.78 is 5.67. The van der Waals surface area contributed by atoms with Crippen molar-refractivity contribution in [3.8, 4) is 0 Å². The topological polar surface area (TPSA) is 39.2 Å². The summed E-state index contributed by atoms with van der Waals surface area (Å²) >= 11 is 2.99. The number of aromatic nitrogens is 1. The molecular weight excluding hydrogens is 230 g/mol. The lowest BCUT2D eigenvalue weighted by molar-refractivity contribution is 0.0606. The number of thioether (sulfide) groups is 1. The van der Waals surface area contributed by atoms with E-state index in [1.54, 1.807) is 17.8 Å². The van der Waals surface area contributed by atoms with E-state index in [2.05, 4.69) is 9.72 Å². The van der Waals surface area contributed by atoms with E-state index in [4.69, 9.17) is 0 Å². The molecule has 0 radical (unpaired) electrons. The monoisotopic (exact) mass is 239 g/mol. The van der Waals surface area contributed by atoms with Crippen LogP contribution in [0.1, 0.15) is 9.67 Å². The molecule has 2 aromatic rings. The number of methoxy groups -OCH3 is 1. The molecule has 78 valence electrons. The molecule has 5 heteroatoms. The number of carbonyl (C=O) groups excluding carboxylic acids is 1. The van der Waals surface area contributed by atoms with Crippen molar-refractivity contribution < 1.29 is 9.53 Å². The lowest BCUT2D eigenvalue weighted by atomic mass is 10.4. The van der Waals surface area contributed by atoms with Gasteiger partial charge in [-0.1, -0.05) is 0 Å². The summed E-state index contributed by atoms with van der Waals surface area (Å²) in [5, 5.41) is 0.955. The SMILES string of the molecule is COC(=O)c1cc2nc(SC)ccc2s1.